The van der Waals surface area contributed by atoms with Crippen LogP contribution >= 0.6 is 0 Å². The number of hydrogen-bond donors (Lipinski definition) is 2. The monoisotopic (exact) mass is 253 g/mol. The first-order valence-electron chi connectivity index (χ1n) is 5.47. The zero-order valence-electron chi connectivity index (χ0n) is 9.97. The minimum atomic E-state index is -4.36. The first-order chi connectivity index (χ1) is 7.62. The number of carbonyl (C=O) groups excluding carboxylic acids is 1. The highest BCUT2D eigenvalue weighted by Crippen LogP contribution is 2.25. The number of alkyl halides is 3. The number of likely N-dealkylation sites (tertiary alicyclic amines) is 1. The number of nitrogens with zero attached hydrogens (tertiary/aromatic N) is 1. The van der Waals surface area contributed by atoms with E-state index in [0.29, 0.717) is 13.1 Å². The summed E-state index contributed by atoms with van der Waals surface area (Å²) in [5.41, 5.74) is 5.69. The molecule has 0 aliphatic carbocycles. The van der Waals surface area contributed by atoms with Gasteiger partial charge in [0.15, 0.2) is 0 Å². The summed E-state index contributed by atoms with van der Waals surface area (Å²) in [6.45, 7) is 3.76. The molecular weight excluding hydrogens is 235 g/mol. The number of rotatable bonds is 4. The summed E-state index contributed by atoms with van der Waals surface area (Å²) in [6.07, 6.45) is -4.36. The number of carbonyl (C=O) groups is 1. The Labute approximate surface area is 98.3 Å². The lowest BCUT2D eigenvalue weighted by Crippen LogP contribution is -2.70. The highest BCUT2D eigenvalue weighted by atomic mass is 19.4. The number of halogens is 3. The van der Waals surface area contributed by atoms with Gasteiger partial charge in [-0.1, -0.05) is 13.8 Å². The topological polar surface area (TPSA) is 58.4 Å². The summed E-state index contributed by atoms with van der Waals surface area (Å²) in [5, 5.41) is 1.83. The molecule has 0 atom stereocenters. The van der Waals surface area contributed by atoms with Crippen LogP contribution in [0.4, 0.5) is 13.2 Å². The molecule has 4 nitrogen and oxygen atoms in total. The van der Waals surface area contributed by atoms with Gasteiger partial charge in [-0.2, -0.15) is 13.2 Å². The van der Waals surface area contributed by atoms with Gasteiger partial charge in [0.1, 0.15) is 6.54 Å². The Kier molecular flexibility index (Phi) is 4.03. The SMILES string of the molecule is CC(C)C1(N)CN(CC(=O)NCC(F)(F)F)C1. The van der Waals surface area contributed by atoms with Crippen molar-refractivity contribution in [2.24, 2.45) is 11.7 Å². The molecule has 0 saturated carbocycles. The van der Waals surface area contributed by atoms with E-state index < -0.39 is 18.6 Å². The molecule has 100 valence electrons. The molecule has 0 radical (unpaired) electrons. The maximum atomic E-state index is 11.8. The molecule has 0 aromatic rings. The van der Waals surface area contributed by atoms with Crippen LogP contribution in [0.15, 0.2) is 0 Å². The first kappa shape index (κ1) is 14.2. The second kappa shape index (κ2) is 4.81. The molecule has 1 heterocycles. The van der Waals surface area contributed by atoms with Gasteiger partial charge < -0.3 is 11.1 Å². The molecule has 0 spiro atoms. The van der Waals surface area contributed by atoms with Crippen LogP contribution in [-0.2, 0) is 4.79 Å². The van der Waals surface area contributed by atoms with Crippen LogP contribution in [-0.4, -0.2) is 48.7 Å². The van der Waals surface area contributed by atoms with Crippen molar-refractivity contribution in [1.29, 1.82) is 0 Å². The minimum Gasteiger partial charge on any atom is -0.346 e. The van der Waals surface area contributed by atoms with Crippen molar-refractivity contribution in [2.75, 3.05) is 26.2 Å². The number of nitrogens with one attached hydrogen (secondary N) is 1. The van der Waals surface area contributed by atoms with Crippen molar-refractivity contribution in [3.63, 3.8) is 0 Å². The van der Waals surface area contributed by atoms with Gasteiger partial charge in [0.25, 0.3) is 0 Å². The van der Waals surface area contributed by atoms with Gasteiger partial charge in [-0.15, -0.1) is 0 Å². The van der Waals surface area contributed by atoms with Gasteiger partial charge >= 0.3 is 6.18 Å². The van der Waals surface area contributed by atoms with E-state index >= 15 is 0 Å². The van der Waals surface area contributed by atoms with Gasteiger partial charge in [-0.25, -0.2) is 0 Å². The normalized spacial score (nSPS) is 20.2. The molecule has 17 heavy (non-hydrogen) atoms. The fourth-order valence-corrected chi connectivity index (χ4v) is 1.72. The second-order valence-electron chi connectivity index (χ2n) is 4.92. The maximum absolute atomic E-state index is 11.8. The number of hydrogen-bond acceptors (Lipinski definition) is 3. The average Bonchev–Trinajstić information content (AvgIpc) is 2.10. The zero-order chi connectivity index (χ0) is 13.3. The Morgan fingerprint density at radius 3 is 2.41 bits per heavy atom. The molecule has 1 rings (SSSR count). The second-order valence-corrected chi connectivity index (χ2v) is 4.92. The summed E-state index contributed by atoms with van der Waals surface area (Å²) in [6, 6.07) is 0. The zero-order valence-corrected chi connectivity index (χ0v) is 9.97. The fourth-order valence-electron chi connectivity index (χ4n) is 1.72. The Balaban J connectivity index is 2.23. The van der Waals surface area contributed by atoms with Crippen molar-refractivity contribution in [1.82, 2.24) is 10.2 Å². The molecular formula is C10H18F3N3O. The fraction of sp³-hybridized carbons (Fsp3) is 0.900. The van der Waals surface area contributed by atoms with Crippen LogP contribution in [0, 0.1) is 5.92 Å². The summed E-state index contributed by atoms with van der Waals surface area (Å²) < 4.78 is 35.5. The molecule has 3 N–H and O–H groups in total. The van der Waals surface area contributed by atoms with E-state index in [4.69, 9.17) is 5.73 Å². The molecule has 0 unspecified atom stereocenters. The summed E-state index contributed by atoms with van der Waals surface area (Å²) in [4.78, 5) is 12.9. The van der Waals surface area contributed by atoms with Crippen molar-refractivity contribution in [3.05, 3.63) is 0 Å². The van der Waals surface area contributed by atoms with Crippen LogP contribution in [0.2, 0.25) is 0 Å². The van der Waals surface area contributed by atoms with E-state index in [1.165, 1.54) is 0 Å². The molecule has 0 bridgehead atoms. The van der Waals surface area contributed by atoms with Crippen molar-refractivity contribution < 1.29 is 18.0 Å². The van der Waals surface area contributed by atoms with Gasteiger partial charge in [0.05, 0.1) is 6.54 Å². The van der Waals surface area contributed by atoms with E-state index in [9.17, 15) is 18.0 Å². The Morgan fingerprint density at radius 1 is 1.47 bits per heavy atom. The van der Waals surface area contributed by atoms with Gasteiger partial charge in [-0.05, 0) is 5.92 Å². The summed E-state index contributed by atoms with van der Waals surface area (Å²) >= 11 is 0. The number of nitrogens with two attached hydrogens (primary N) is 1. The summed E-state index contributed by atoms with van der Waals surface area (Å²) in [5.74, 6) is -0.329. The van der Waals surface area contributed by atoms with Crippen LogP contribution in [0.5, 0.6) is 0 Å². The third kappa shape index (κ3) is 4.16. The predicted octanol–water partition coefficient (Wildman–Crippen LogP) is 0.334. The molecule has 1 saturated heterocycles. The van der Waals surface area contributed by atoms with Crippen molar-refractivity contribution in [2.45, 2.75) is 25.6 Å². The maximum Gasteiger partial charge on any atom is 0.405 e. The van der Waals surface area contributed by atoms with Crippen LogP contribution in [0.1, 0.15) is 13.8 Å². The largest absolute Gasteiger partial charge is 0.405 e. The van der Waals surface area contributed by atoms with Crippen LogP contribution in [0.25, 0.3) is 0 Å². The molecule has 0 aromatic heterocycles. The molecule has 1 aliphatic rings. The van der Waals surface area contributed by atoms with Crippen LogP contribution in [0.3, 0.4) is 0 Å². The minimum absolute atomic E-state index is 0.0260. The first-order valence-corrected chi connectivity index (χ1v) is 5.47. The van der Waals surface area contributed by atoms with E-state index in [0.717, 1.165) is 0 Å². The summed E-state index contributed by atoms with van der Waals surface area (Å²) in [7, 11) is 0. The van der Waals surface area contributed by atoms with E-state index in [2.05, 4.69) is 0 Å². The third-order valence-electron chi connectivity index (χ3n) is 3.04. The van der Waals surface area contributed by atoms with Gasteiger partial charge in [0, 0.05) is 18.6 Å². The van der Waals surface area contributed by atoms with Crippen LogP contribution < -0.4 is 11.1 Å². The molecule has 1 fully saturated rings. The highest BCUT2D eigenvalue weighted by Gasteiger charge is 2.42. The Hall–Kier alpha value is -0.820. The van der Waals surface area contributed by atoms with Crippen molar-refractivity contribution >= 4 is 5.91 Å². The average molecular weight is 253 g/mol. The Bertz CT molecular complexity index is 285. The molecule has 7 heteroatoms. The lowest BCUT2D eigenvalue weighted by atomic mass is 9.80. The molecule has 1 aliphatic heterocycles. The van der Waals surface area contributed by atoms with E-state index in [1.807, 2.05) is 19.2 Å². The standard InChI is InChI=1S/C10H18F3N3O/c1-7(2)9(14)5-16(6-9)3-8(17)15-4-10(11,12)13/h7H,3-6,14H2,1-2H3,(H,15,17). The van der Waals surface area contributed by atoms with Gasteiger partial charge in [-0.3, -0.25) is 9.69 Å². The highest BCUT2D eigenvalue weighted by molar-refractivity contribution is 5.78. The number of amides is 1. The predicted molar refractivity (Wildman–Crippen MR) is 57.3 cm³/mol. The lowest BCUT2D eigenvalue weighted by molar-refractivity contribution is -0.140. The third-order valence-corrected chi connectivity index (χ3v) is 3.04. The van der Waals surface area contributed by atoms with E-state index in [1.54, 1.807) is 4.90 Å². The van der Waals surface area contributed by atoms with E-state index in [-0.39, 0.29) is 18.0 Å². The molecule has 0 aromatic carbocycles. The quantitative estimate of drug-likeness (QED) is 0.759. The lowest BCUT2D eigenvalue weighted by Gasteiger charge is -2.50. The molecule has 1 amide bonds. The smallest absolute Gasteiger partial charge is 0.346 e. The van der Waals surface area contributed by atoms with Crippen molar-refractivity contribution in [3.8, 4) is 0 Å². The van der Waals surface area contributed by atoms with Gasteiger partial charge in [0.2, 0.25) is 5.91 Å². The Morgan fingerprint density at radius 2 is 2.00 bits per heavy atom.